The number of hydrogen-bond acceptors (Lipinski definition) is 2. The zero-order chi connectivity index (χ0) is 17.1. The molecular weight excluding hydrogens is 328 g/mol. The van der Waals surface area contributed by atoms with Crippen molar-refractivity contribution in [3.05, 3.63) is 96.4 Å². The Labute approximate surface area is 151 Å². The molecule has 0 unspecified atom stereocenters. The zero-order valence-corrected chi connectivity index (χ0v) is 14.2. The fraction of sp³-hybridized carbons (Fsp3) is 0. The van der Waals surface area contributed by atoms with Crippen molar-refractivity contribution in [1.29, 1.82) is 0 Å². The molecule has 1 heterocycles. The van der Waals surface area contributed by atoms with Crippen molar-refractivity contribution in [3.63, 3.8) is 0 Å². The van der Waals surface area contributed by atoms with Gasteiger partial charge in [-0.3, -0.25) is 0 Å². The van der Waals surface area contributed by atoms with Crippen molar-refractivity contribution >= 4 is 11.6 Å². The quantitative estimate of drug-likeness (QED) is 0.418. The average Bonchev–Trinajstić information content (AvgIpc) is 2.69. The molecule has 0 bridgehead atoms. The van der Waals surface area contributed by atoms with E-state index in [1.165, 1.54) is 22.3 Å². The second-order valence-electron chi connectivity index (χ2n) is 5.74. The van der Waals surface area contributed by atoms with Gasteiger partial charge in [-0.25, -0.2) is 9.97 Å². The molecule has 0 saturated heterocycles. The summed E-state index contributed by atoms with van der Waals surface area (Å²) in [5.74, 6) is 0. The van der Waals surface area contributed by atoms with E-state index >= 15 is 0 Å². The molecule has 0 aliphatic heterocycles. The minimum Gasteiger partial charge on any atom is -0.226 e. The molecule has 0 radical (unpaired) electrons. The lowest BCUT2D eigenvalue weighted by molar-refractivity contribution is 1.17. The second kappa shape index (κ2) is 6.88. The molecule has 0 saturated carbocycles. The third-order valence-corrected chi connectivity index (χ3v) is 4.29. The van der Waals surface area contributed by atoms with Crippen LogP contribution >= 0.6 is 11.6 Å². The number of hydrogen-bond donors (Lipinski definition) is 0. The van der Waals surface area contributed by atoms with Crippen molar-refractivity contribution in [2.75, 3.05) is 0 Å². The van der Waals surface area contributed by atoms with E-state index in [2.05, 4.69) is 82.8 Å². The highest BCUT2D eigenvalue weighted by molar-refractivity contribution is 6.28. The van der Waals surface area contributed by atoms with Gasteiger partial charge >= 0.3 is 0 Å². The first-order valence-corrected chi connectivity index (χ1v) is 8.42. The number of aromatic nitrogens is 2. The molecule has 3 heteroatoms. The van der Waals surface area contributed by atoms with Gasteiger partial charge in [0, 0.05) is 11.8 Å². The maximum atomic E-state index is 5.88. The highest BCUT2D eigenvalue weighted by atomic mass is 35.5. The maximum Gasteiger partial charge on any atom is 0.222 e. The molecule has 25 heavy (non-hydrogen) atoms. The Bertz CT molecular complexity index is 996. The van der Waals surface area contributed by atoms with Crippen LogP contribution in [-0.4, -0.2) is 9.97 Å². The maximum absolute atomic E-state index is 5.88. The number of benzene rings is 3. The Morgan fingerprint density at radius 2 is 1.16 bits per heavy atom. The minimum absolute atomic E-state index is 0.261. The van der Waals surface area contributed by atoms with E-state index in [9.17, 15) is 0 Å². The average molecular weight is 343 g/mol. The van der Waals surface area contributed by atoms with Gasteiger partial charge in [0.1, 0.15) is 0 Å². The molecule has 4 aromatic rings. The van der Waals surface area contributed by atoms with Crippen LogP contribution in [0.3, 0.4) is 0 Å². The van der Waals surface area contributed by atoms with Crippen molar-refractivity contribution in [2.45, 2.75) is 0 Å². The van der Waals surface area contributed by atoms with Crippen LogP contribution in [0.2, 0.25) is 5.28 Å². The number of halogens is 1. The smallest absolute Gasteiger partial charge is 0.222 e. The van der Waals surface area contributed by atoms with Crippen LogP contribution in [0.15, 0.2) is 91.1 Å². The van der Waals surface area contributed by atoms with Crippen LogP contribution in [0.1, 0.15) is 0 Å². The molecule has 3 aromatic carbocycles. The molecule has 120 valence electrons. The molecule has 0 atom stereocenters. The molecule has 1 aromatic heterocycles. The van der Waals surface area contributed by atoms with Crippen LogP contribution in [0.25, 0.3) is 33.5 Å². The van der Waals surface area contributed by atoms with Gasteiger partial charge in [-0.2, -0.15) is 0 Å². The van der Waals surface area contributed by atoms with Gasteiger partial charge < -0.3 is 0 Å². The lowest BCUT2D eigenvalue weighted by Gasteiger charge is -2.07. The second-order valence-corrected chi connectivity index (χ2v) is 6.07. The van der Waals surface area contributed by atoms with E-state index in [1.54, 1.807) is 6.20 Å². The standard InChI is InChI=1S/C22H15ClN2/c23-22-24-14-13-21(25-22)18-11-9-17(10-12-18)20-8-4-7-19(15-20)16-5-2-1-3-6-16/h1-15H. The molecule has 2 nitrogen and oxygen atoms in total. The predicted molar refractivity (Wildman–Crippen MR) is 103 cm³/mol. The van der Waals surface area contributed by atoms with Crippen LogP contribution in [0.5, 0.6) is 0 Å². The van der Waals surface area contributed by atoms with Gasteiger partial charge in [-0.1, -0.05) is 72.8 Å². The molecule has 0 N–H and O–H groups in total. The molecule has 0 spiro atoms. The fourth-order valence-electron chi connectivity index (χ4n) is 2.84. The van der Waals surface area contributed by atoms with Gasteiger partial charge in [-0.05, 0) is 46.0 Å². The first-order chi connectivity index (χ1) is 12.3. The van der Waals surface area contributed by atoms with Gasteiger partial charge in [0.25, 0.3) is 0 Å². The summed E-state index contributed by atoms with van der Waals surface area (Å²) in [6.07, 6.45) is 1.67. The molecular formula is C22H15ClN2. The summed E-state index contributed by atoms with van der Waals surface area (Å²) in [6.45, 7) is 0. The van der Waals surface area contributed by atoms with Crippen LogP contribution < -0.4 is 0 Å². The first kappa shape index (κ1) is 15.6. The molecule has 0 amide bonds. The number of rotatable bonds is 3. The van der Waals surface area contributed by atoms with Gasteiger partial charge in [-0.15, -0.1) is 0 Å². The van der Waals surface area contributed by atoms with Crippen molar-refractivity contribution in [2.24, 2.45) is 0 Å². The van der Waals surface area contributed by atoms with Crippen LogP contribution in [0.4, 0.5) is 0 Å². The van der Waals surface area contributed by atoms with E-state index in [4.69, 9.17) is 11.6 Å². The summed E-state index contributed by atoms with van der Waals surface area (Å²) in [6, 6.07) is 29.2. The minimum atomic E-state index is 0.261. The summed E-state index contributed by atoms with van der Waals surface area (Å²) < 4.78 is 0. The normalized spacial score (nSPS) is 10.6. The summed E-state index contributed by atoms with van der Waals surface area (Å²) in [5.41, 5.74) is 6.63. The summed E-state index contributed by atoms with van der Waals surface area (Å²) in [5, 5.41) is 0.261. The highest BCUT2D eigenvalue weighted by Gasteiger charge is 2.04. The predicted octanol–water partition coefficient (Wildman–Crippen LogP) is 6.13. The van der Waals surface area contributed by atoms with E-state index < -0.39 is 0 Å². The Balaban J connectivity index is 1.67. The molecule has 4 rings (SSSR count). The van der Waals surface area contributed by atoms with E-state index in [1.807, 2.05) is 12.1 Å². The Kier molecular flexibility index (Phi) is 4.28. The topological polar surface area (TPSA) is 25.8 Å². The van der Waals surface area contributed by atoms with E-state index in [-0.39, 0.29) is 5.28 Å². The molecule has 0 aliphatic rings. The molecule has 0 fully saturated rings. The van der Waals surface area contributed by atoms with Crippen molar-refractivity contribution in [1.82, 2.24) is 9.97 Å². The van der Waals surface area contributed by atoms with E-state index in [0.29, 0.717) is 0 Å². The Hall–Kier alpha value is -2.97. The van der Waals surface area contributed by atoms with Crippen molar-refractivity contribution in [3.8, 4) is 33.5 Å². The third kappa shape index (κ3) is 3.44. The van der Waals surface area contributed by atoms with Crippen LogP contribution in [-0.2, 0) is 0 Å². The van der Waals surface area contributed by atoms with Crippen LogP contribution in [0, 0.1) is 0 Å². The monoisotopic (exact) mass is 342 g/mol. The highest BCUT2D eigenvalue weighted by Crippen LogP contribution is 2.28. The van der Waals surface area contributed by atoms with E-state index in [0.717, 1.165) is 11.3 Å². The first-order valence-electron chi connectivity index (χ1n) is 8.04. The SMILES string of the molecule is Clc1nccc(-c2ccc(-c3cccc(-c4ccccc4)c3)cc2)n1. The zero-order valence-electron chi connectivity index (χ0n) is 13.4. The largest absolute Gasteiger partial charge is 0.226 e. The lowest BCUT2D eigenvalue weighted by atomic mass is 9.98. The summed E-state index contributed by atoms with van der Waals surface area (Å²) in [4.78, 5) is 8.18. The fourth-order valence-corrected chi connectivity index (χ4v) is 2.99. The van der Waals surface area contributed by atoms with Gasteiger partial charge in [0.05, 0.1) is 5.69 Å². The molecule has 0 aliphatic carbocycles. The Morgan fingerprint density at radius 1 is 0.560 bits per heavy atom. The van der Waals surface area contributed by atoms with Gasteiger partial charge in [0.2, 0.25) is 5.28 Å². The summed E-state index contributed by atoms with van der Waals surface area (Å²) >= 11 is 5.88. The van der Waals surface area contributed by atoms with Crippen molar-refractivity contribution < 1.29 is 0 Å². The van der Waals surface area contributed by atoms with Gasteiger partial charge in [0.15, 0.2) is 0 Å². The number of nitrogens with zero attached hydrogens (tertiary/aromatic N) is 2. The Morgan fingerprint density at radius 3 is 1.84 bits per heavy atom. The summed E-state index contributed by atoms with van der Waals surface area (Å²) in [7, 11) is 0. The third-order valence-electron chi connectivity index (χ3n) is 4.11. The lowest BCUT2D eigenvalue weighted by Crippen LogP contribution is -1.87.